The number of hydrogen-bond donors (Lipinski definition) is 1. The van der Waals surface area contributed by atoms with Crippen molar-refractivity contribution in [2.24, 2.45) is 13.0 Å². The third kappa shape index (κ3) is 2.05. The Morgan fingerprint density at radius 2 is 2.00 bits per heavy atom. The molecular weight excluding hydrogens is 238 g/mol. The lowest BCUT2D eigenvalue weighted by Crippen LogP contribution is -2.63. The molecule has 1 aliphatic heterocycles. The molecule has 1 saturated heterocycles. The van der Waals surface area contributed by atoms with Gasteiger partial charge in [-0.25, -0.2) is 0 Å². The standard InChI is InChI=1S/C15H21N3O/c1-11(2)15(19)9-18(10-15)8-13-12-6-4-5-7-14(12)17(3)16-13/h4-7,11,19H,8-10H2,1-3H3. The van der Waals surface area contributed by atoms with Gasteiger partial charge in [0.2, 0.25) is 0 Å². The molecule has 102 valence electrons. The topological polar surface area (TPSA) is 41.3 Å². The van der Waals surface area contributed by atoms with E-state index in [0.29, 0.717) is 5.92 Å². The molecule has 1 N–H and O–H groups in total. The van der Waals surface area contributed by atoms with Crippen LogP contribution in [0.3, 0.4) is 0 Å². The van der Waals surface area contributed by atoms with E-state index < -0.39 is 5.60 Å². The molecule has 1 aromatic carbocycles. The molecule has 2 aromatic rings. The minimum absolute atomic E-state index is 0.309. The molecule has 4 nitrogen and oxygen atoms in total. The van der Waals surface area contributed by atoms with Crippen LogP contribution in [0.15, 0.2) is 24.3 Å². The van der Waals surface area contributed by atoms with E-state index in [2.05, 4.69) is 36.0 Å². The number of fused-ring (bicyclic) bond motifs is 1. The Labute approximate surface area is 113 Å². The quantitative estimate of drug-likeness (QED) is 0.913. The van der Waals surface area contributed by atoms with Gasteiger partial charge in [-0.1, -0.05) is 32.0 Å². The van der Waals surface area contributed by atoms with Crippen molar-refractivity contribution in [2.45, 2.75) is 26.0 Å². The van der Waals surface area contributed by atoms with Gasteiger partial charge in [-0.2, -0.15) is 5.10 Å². The number of rotatable bonds is 3. The van der Waals surface area contributed by atoms with Crippen LogP contribution in [0.25, 0.3) is 10.9 Å². The first-order valence-electron chi connectivity index (χ1n) is 6.85. The van der Waals surface area contributed by atoms with Crippen LogP contribution in [0.5, 0.6) is 0 Å². The third-order valence-corrected chi connectivity index (χ3v) is 4.28. The third-order valence-electron chi connectivity index (χ3n) is 4.28. The molecule has 0 bridgehead atoms. The fraction of sp³-hybridized carbons (Fsp3) is 0.533. The summed E-state index contributed by atoms with van der Waals surface area (Å²) in [7, 11) is 1.98. The first kappa shape index (κ1) is 12.6. The number of nitrogens with zero attached hydrogens (tertiary/aromatic N) is 3. The summed E-state index contributed by atoms with van der Waals surface area (Å²) in [6.45, 7) is 6.46. The van der Waals surface area contributed by atoms with E-state index in [1.807, 2.05) is 23.9 Å². The van der Waals surface area contributed by atoms with Crippen molar-refractivity contribution >= 4 is 10.9 Å². The second-order valence-corrected chi connectivity index (χ2v) is 5.99. The van der Waals surface area contributed by atoms with Gasteiger partial charge < -0.3 is 5.11 Å². The fourth-order valence-corrected chi connectivity index (χ4v) is 2.82. The Hall–Kier alpha value is -1.39. The molecular formula is C15H21N3O. The monoisotopic (exact) mass is 259 g/mol. The van der Waals surface area contributed by atoms with Crippen LogP contribution in [0, 0.1) is 5.92 Å². The van der Waals surface area contributed by atoms with Crippen molar-refractivity contribution in [3.8, 4) is 0 Å². The molecule has 4 heteroatoms. The van der Waals surface area contributed by atoms with Crippen LogP contribution in [-0.4, -0.2) is 38.5 Å². The molecule has 1 fully saturated rings. The largest absolute Gasteiger partial charge is 0.387 e. The van der Waals surface area contributed by atoms with Crippen molar-refractivity contribution < 1.29 is 5.11 Å². The smallest absolute Gasteiger partial charge is 0.0923 e. The molecule has 0 unspecified atom stereocenters. The molecule has 0 amide bonds. The average Bonchev–Trinajstić information content (AvgIpc) is 2.65. The molecule has 0 spiro atoms. The lowest BCUT2D eigenvalue weighted by atomic mass is 9.83. The molecule has 0 radical (unpaired) electrons. The van der Waals surface area contributed by atoms with Gasteiger partial charge in [-0.3, -0.25) is 9.58 Å². The van der Waals surface area contributed by atoms with Gasteiger partial charge in [-0.15, -0.1) is 0 Å². The number of hydrogen-bond acceptors (Lipinski definition) is 3. The van der Waals surface area contributed by atoms with E-state index in [9.17, 15) is 5.11 Å². The van der Waals surface area contributed by atoms with Crippen LogP contribution < -0.4 is 0 Å². The van der Waals surface area contributed by atoms with Crippen molar-refractivity contribution in [3.05, 3.63) is 30.0 Å². The maximum atomic E-state index is 10.3. The van der Waals surface area contributed by atoms with Crippen LogP contribution >= 0.6 is 0 Å². The molecule has 0 saturated carbocycles. The van der Waals surface area contributed by atoms with Crippen molar-refractivity contribution in [1.82, 2.24) is 14.7 Å². The average molecular weight is 259 g/mol. The van der Waals surface area contributed by atoms with E-state index in [4.69, 9.17) is 0 Å². The molecule has 2 heterocycles. The molecule has 1 aliphatic rings. The second-order valence-electron chi connectivity index (χ2n) is 5.99. The number of β-amino-alcohol motifs (C(OH)–C–C–N with tert-alkyl or cyclic N) is 1. The van der Waals surface area contributed by atoms with Crippen molar-refractivity contribution in [2.75, 3.05) is 13.1 Å². The van der Waals surface area contributed by atoms with Gasteiger partial charge in [0.15, 0.2) is 0 Å². The van der Waals surface area contributed by atoms with Crippen molar-refractivity contribution in [1.29, 1.82) is 0 Å². The molecule has 0 aliphatic carbocycles. The highest BCUT2D eigenvalue weighted by Crippen LogP contribution is 2.30. The molecule has 0 atom stereocenters. The summed E-state index contributed by atoms with van der Waals surface area (Å²) in [6.07, 6.45) is 0. The van der Waals surface area contributed by atoms with E-state index in [-0.39, 0.29) is 0 Å². The second kappa shape index (κ2) is 4.32. The number of likely N-dealkylation sites (tertiary alicyclic amines) is 1. The van der Waals surface area contributed by atoms with Crippen LogP contribution in [0.1, 0.15) is 19.5 Å². The van der Waals surface area contributed by atoms with E-state index in [1.54, 1.807) is 0 Å². The number of para-hydroxylation sites is 1. The van der Waals surface area contributed by atoms with E-state index >= 15 is 0 Å². The predicted octanol–water partition coefficient (Wildman–Crippen LogP) is 1.78. The summed E-state index contributed by atoms with van der Waals surface area (Å²) in [4.78, 5) is 2.26. The Balaban J connectivity index is 1.77. The van der Waals surface area contributed by atoms with Gasteiger partial charge in [0, 0.05) is 32.1 Å². The van der Waals surface area contributed by atoms with E-state index in [1.165, 1.54) is 5.39 Å². The highest BCUT2D eigenvalue weighted by atomic mass is 16.3. The highest BCUT2D eigenvalue weighted by Gasteiger charge is 2.43. The summed E-state index contributed by atoms with van der Waals surface area (Å²) < 4.78 is 1.93. The van der Waals surface area contributed by atoms with Crippen LogP contribution in [-0.2, 0) is 13.6 Å². The van der Waals surface area contributed by atoms with Gasteiger partial charge in [0.25, 0.3) is 0 Å². The van der Waals surface area contributed by atoms with Crippen LogP contribution in [0.2, 0.25) is 0 Å². The maximum Gasteiger partial charge on any atom is 0.0923 e. The fourth-order valence-electron chi connectivity index (χ4n) is 2.82. The van der Waals surface area contributed by atoms with Gasteiger partial charge in [-0.05, 0) is 12.0 Å². The zero-order valence-corrected chi connectivity index (χ0v) is 11.8. The summed E-state index contributed by atoms with van der Waals surface area (Å²) >= 11 is 0. The van der Waals surface area contributed by atoms with E-state index in [0.717, 1.165) is 30.8 Å². The first-order valence-corrected chi connectivity index (χ1v) is 6.85. The summed E-state index contributed by atoms with van der Waals surface area (Å²) in [5, 5.41) is 16.1. The highest BCUT2D eigenvalue weighted by molar-refractivity contribution is 5.81. The summed E-state index contributed by atoms with van der Waals surface area (Å²) in [6, 6.07) is 8.29. The summed E-state index contributed by atoms with van der Waals surface area (Å²) in [5.41, 5.74) is 1.76. The van der Waals surface area contributed by atoms with Gasteiger partial charge >= 0.3 is 0 Å². The van der Waals surface area contributed by atoms with Gasteiger partial charge in [0.05, 0.1) is 16.8 Å². The number of aryl methyl sites for hydroxylation is 1. The number of benzene rings is 1. The molecule has 3 rings (SSSR count). The molecule has 19 heavy (non-hydrogen) atoms. The molecule has 1 aromatic heterocycles. The first-order chi connectivity index (χ1) is 8.99. The number of aromatic nitrogens is 2. The van der Waals surface area contributed by atoms with Crippen LogP contribution in [0.4, 0.5) is 0 Å². The Morgan fingerprint density at radius 3 is 2.68 bits per heavy atom. The van der Waals surface area contributed by atoms with Gasteiger partial charge in [0.1, 0.15) is 0 Å². The predicted molar refractivity (Wildman–Crippen MR) is 75.8 cm³/mol. The Kier molecular flexibility index (Phi) is 2.87. The minimum atomic E-state index is -0.509. The van der Waals surface area contributed by atoms with Crippen molar-refractivity contribution in [3.63, 3.8) is 0 Å². The lowest BCUT2D eigenvalue weighted by molar-refractivity contribution is -0.131. The SMILES string of the molecule is CC(C)C1(O)CN(Cc2nn(C)c3ccccc23)C1. The Bertz CT molecular complexity index is 596. The zero-order valence-electron chi connectivity index (χ0n) is 11.8. The zero-order chi connectivity index (χ0) is 13.6. The minimum Gasteiger partial charge on any atom is -0.387 e. The Morgan fingerprint density at radius 1 is 1.32 bits per heavy atom. The number of aliphatic hydroxyl groups is 1. The lowest BCUT2D eigenvalue weighted by Gasteiger charge is -2.49. The maximum absolute atomic E-state index is 10.3. The normalized spacial score (nSPS) is 19.0. The summed E-state index contributed by atoms with van der Waals surface area (Å²) in [5.74, 6) is 0.309.